The lowest BCUT2D eigenvalue weighted by Crippen LogP contribution is -2.47. The zero-order valence-electron chi connectivity index (χ0n) is 13.1. The van der Waals surface area contributed by atoms with Gasteiger partial charge in [0.2, 0.25) is 0 Å². The zero-order valence-corrected chi connectivity index (χ0v) is 14.1. The Morgan fingerprint density at radius 2 is 2.05 bits per heavy atom. The van der Waals surface area contributed by atoms with Gasteiger partial charge in [-0.1, -0.05) is 32.9 Å². The van der Waals surface area contributed by atoms with E-state index in [1.54, 1.807) is 12.2 Å². The minimum absolute atomic E-state index is 0.0865. The molecule has 1 fully saturated rings. The summed E-state index contributed by atoms with van der Waals surface area (Å²) in [5.74, 6) is 0. The summed E-state index contributed by atoms with van der Waals surface area (Å²) < 4.78 is 6.35. The lowest BCUT2D eigenvalue weighted by molar-refractivity contribution is 0.121. The summed E-state index contributed by atoms with van der Waals surface area (Å²) in [5.41, 5.74) is 0. The minimum Gasteiger partial charge on any atom is -0.465 e. The largest absolute Gasteiger partial charge is 0.465 e. The van der Waals surface area contributed by atoms with Gasteiger partial charge in [0.25, 0.3) is 0 Å². The van der Waals surface area contributed by atoms with Gasteiger partial charge in [0, 0.05) is 6.54 Å². The quantitative estimate of drug-likeness (QED) is 0.619. The molecule has 1 amide bonds. The van der Waals surface area contributed by atoms with E-state index in [0.717, 1.165) is 0 Å². The smallest absolute Gasteiger partial charge is 0.407 e. The second-order valence-electron chi connectivity index (χ2n) is 6.78. The van der Waals surface area contributed by atoms with Crippen molar-refractivity contribution in [2.45, 2.75) is 57.5 Å². The van der Waals surface area contributed by atoms with Crippen molar-refractivity contribution in [2.75, 3.05) is 13.2 Å². The van der Waals surface area contributed by atoms with Crippen molar-refractivity contribution in [1.82, 2.24) is 4.90 Å². The summed E-state index contributed by atoms with van der Waals surface area (Å²) in [6.45, 7) is 11.2. The van der Waals surface area contributed by atoms with E-state index in [0.29, 0.717) is 13.0 Å². The Morgan fingerprint density at radius 3 is 2.50 bits per heavy atom. The van der Waals surface area contributed by atoms with E-state index in [1.165, 1.54) is 4.90 Å². The third kappa shape index (κ3) is 3.83. The lowest BCUT2D eigenvalue weighted by Gasteiger charge is -2.39. The van der Waals surface area contributed by atoms with Crippen LogP contribution < -0.4 is 0 Å². The van der Waals surface area contributed by atoms with E-state index in [2.05, 4.69) is 33.9 Å². The number of aliphatic hydroxyl groups excluding tert-OH is 1. The average Bonchev–Trinajstić information content (AvgIpc) is 2.67. The molecule has 0 bridgehead atoms. The van der Waals surface area contributed by atoms with Gasteiger partial charge >= 0.3 is 6.09 Å². The number of hydrogen-bond acceptors (Lipinski definition) is 3. The topological polar surface area (TPSA) is 70.0 Å². The van der Waals surface area contributed by atoms with Crippen LogP contribution in [0.4, 0.5) is 4.79 Å². The molecule has 1 aliphatic rings. The molecule has 0 aliphatic carbocycles. The number of carboxylic acid groups (broad SMARTS) is 1. The molecule has 1 saturated heterocycles. The molecule has 0 radical (unpaired) electrons. The highest BCUT2D eigenvalue weighted by atomic mass is 28.4. The summed E-state index contributed by atoms with van der Waals surface area (Å²) in [5, 5.41) is 18.3. The van der Waals surface area contributed by atoms with E-state index in [-0.39, 0.29) is 23.8 Å². The van der Waals surface area contributed by atoms with Crippen LogP contribution in [-0.2, 0) is 4.43 Å². The number of likely N-dealkylation sites (tertiary alicyclic amines) is 1. The standard InChI is InChI=1S/C14H27NO4Si/c1-14(2,3)20(4,5)19-12-8-9-15(13(17)18)11(12)7-6-10-16/h6-7,11-12,16H,8-10H2,1-5H3,(H,17,18)/b7-6+/t11-,12+/m1/s1. The monoisotopic (exact) mass is 301 g/mol. The van der Waals surface area contributed by atoms with Crippen LogP contribution in [0.5, 0.6) is 0 Å². The fraction of sp³-hybridized carbons (Fsp3) is 0.786. The molecule has 0 saturated carbocycles. The van der Waals surface area contributed by atoms with Gasteiger partial charge in [-0.25, -0.2) is 4.79 Å². The number of carbonyl (C=O) groups is 1. The molecule has 0 spiro atoms. The summed E-state index contributed by atoms with van der Waals surface area (Å²) in [4.78, 5) is 12.7. The molecule has 2 N–H and O–H groups in total. The van der Waals surface area contributed by atoms with Crippen LogP contribution in [-0.4, -0.2) is 54.8 Å². The van der Waals surface area contributed by atoms with Crippen LogP contribution in [0, 0.1) is 0 Å². The molecule has 0 aromatic carbocycles. The fourth-order valence-electron chi connectivity index (χ4n) is 2.12. The minimum atomic E-state index is -1.93. The predicted molar refractivity (Wildman–Crippen MR) is 81.4 cm³/mol. The van der Waals surface area contributed by atoms with E-state index >= 15 is 0 Å². The van der Waals surface area contributed by atoms with Gasteiger partial charge in [-0.15, -0.1) is 0 Å². The number of aliphatic hydroxyl groups is 1. The maximum Gasteiger partial charge on any atom is 0.407 e. The number of amides is 1. The summed E-state index contributed by atoms with van der Waals surface area (Å²) in [6, 6.07) is -0.297. The van der Waals surface area contributed by atoms with Crippen molar-refractivity contribution < 1.29 is 19.4 Å². The van der Waals surface area contributed by atoms with Crippen molar-refractivity contribution in [3.05, 3.63) is 12.2 Å². The average molecular weight is 301 g/mol. The van der Waals surface area contributed by atoms with Crippen LogP contribution in [0.25, 0.3) is 0 Å². The van der Waals surface area contributed by atoms with Crippen LogP contribution in [0.2, 0.25) is 18.1 Å². The molecular formula is C14H27NO4Si. The first-order valence-electron chi connectivity index (χ1n) is 7.05. The second-order valence-corrected chi connectivity index (χ2v) is 11.5. The Kier molecular flexibility index (Phi) is 5.40. The molecular weight excluding hydrogens is 274 g/mol. The SMILES string of the molecule is CC(C)(C)[Si](C)(C)O[C@H]1CCN(C(=O)O)[C@@H]1/C=C/CO. The molecule has 0 aromatic heterocycles. The highest BCUT2D eigenvalue weighted by Gasteiger charge is 2.44. The van der Waals surface area contributed by atoms with Gasteiger partial charge in [0.05, 0.1) is 18.8 Å². The van der Waals surface area contributed by atoms with E-state index in [4.69, 9.17) is 9.53 Å². The molecule has 2 atom stereocenters. The first-order valence-corrected chi connectivity index (χ1v) is 9.96. The van der Waals surface area contributed by atoms with E-state index in [1.807, 2.05) is 0 Å². The van der Waals surface area contributed by atoms with Gasteiger partial charge in [-0.05, 0) is 24.6 Å². The van der Waals surface area contributed by atoms with Crippen LogP contribution in [0.3, 0.4) is 0 Å². The Labute approximate surface area is 122 Å². The molecule has 0 unspecified atom stereocenters. The zero-order chi connectivity index (χ0) is 15.6. The van der Waals surface area contributed by atoms with Crippen LogP contribution in [0.15, 0.2) is 12.2 Å². The van der Waals surface area contributed by atoms with Gasteiger partial charge in [0.1, 0.15) is 0 Å². The van der Waals surface area contributed by atoms with Crippen molar-refractivity contribution in [1.29, 1.82) is 0 Å². The van der Waals surface area contributed by atoms with Gasteiger partial charge < -0.3 is 14.6 Å². The van der Waals surface area contributed by atoms with Gasteiger partial charge in [-0.3, -0.25) is 4.90 Å². The summed E-state index contributed by atoms with van der Waals surface area (Å²) in [6.07, 6.45) is 3.00. The first-order chi connectivity index (χ1) is 9.10. The molecule has 6 heteroatoms. The number of rotatable bonds is 4. The Bertz CT molecular complexity index is 376. The fourth-order valence-corrected chi connectivity index (χ4v) is 3.49. The predicted octanol–water partition coefficient (Wildman–Crippen LogP) is 2.68. The number of hydrogen-bond donors (Lipinski definition) is 2. The van der Waals surface area contributed by atoms with Crippen molar-refractivity contribution in [3.63, 3.8) is 0 Å². The van der Waals surface area contributed by atoms with Gasteiger partial charge in [-0.2, -0.15) is 0 Å². The Hall–Kier alpha value is -0.853. The first kappa shape index (κ1) is 17.2. The highest BCUT2D eigenvalue weighted by molar-refractivity contribution is 6.74. The maximum absolute atomic E-state index is 11.3. The summed E-state index contributed by atoms with van der Waals surface area (Å²) >= 11 is 0. The highest BCUT2D eigenvalue weighted by Crippen LogP contribution is 2.39. The van der Waals surface area contributed by atoms with Crippen molar-refractivity contribution in [3.8, 4) is 0 Å². The summed E-state index contributed by atoms with van der Waals surface area (Å²) in [7, 11) is -1.93. The van der Waals surface area contributed by atoms with E-state index in [9.17, 15) is 9.90 Å². The van der Waals surface area contributed by atoms with Crippen LogP contribution in [0.1, 0.15) is 27.2 Å². The Balaban J connectivity index is 2.88. The number of nitrogens with zero attached hydrogens (tertiary/aromatic N) is 1. The molecule has 5 nitrogen and oxygen atoms in total. The molecule has 0 aromatic rings. The molecule has 1 aliphatic heterocycles. The third-order valence-electron chi connectivity index (χ3n) is 4.33. The van der Waals surface area contributed by atoms with E-state index < -0.39 is 14.4 Å². The normalized spacial score (nSPS) is 24.6. The van der Waals surface area contributed by atoms with Crippen LogP contribution >= 0.6 is 0 Å². The molecule has 1 rings (SSSR count). The molecule has 20 heavy (non-hydrogen) atoms. The Morgan fingerprint density at radius 1 is 1.45 bits per heavy atom. The molecule has 116 valence electrons. The van der Waals surface area contributed by atoms with Crippen molar-refractivity contribution >= 4 is 14.4 Å². The van der Waals surface area contributed by atoms with Crippen molar-refractivity contribution in [2.24, 2.45) is 0 Å². The third-order valence-corrected chi connectivity index (χ3v) is 8.84. The van der Waals surface area contributed by atoms with Gasteiger partial charge in [0.15, 0.2) is 8.32 Å². The maximum atomic E-state index is 11.3. The lowest BCUT2D eigenvalue weighted by atomic mass is 10.1. The second kappa shape index (κ2) is 6.28. The molecule has 1 heterocycles.